The first kappa shape index (κ1) is 16.3. The molecule has 0 fully saturated rings. The number of aliphatic carboxylic acids is 1. The number of carboxylic acids is 1. The molecular weight excluding hydrogens is 258 g/mol. The summed E-state index contributed by atoms with van der Waals surface area (Å²) in [6.07, 6.45) is -0.0276. The Morgan fingerprint density at radius 1 is 1.35 bits per heavy atom. The monoisotopic (exact) mass is 281 g/mol. The molecule has 0 aliphatic rings. The van der Waals surface area contributed by atoms with E-state index in [2.05, 4.69) is 0 Å². The van der Waals surface area contributed by atoms with Crippen molar-refractivity contribution in [3.05, 3.63) is 23.7 Å². The lowest BCUT2D eigenvalue weighted by molar-refractivity contribution is -0.152. The molecule has 1 heterocycles. The summed E-state index contributed by atoms with van der Waals surface area (Å²) in [6.45, 7) is 9.13. The average molecular weight is 281 g/mol. The van der Waals surface area contributed by atoms with E-state index in [1.807, 2.05) is 32.9 Å². The van der Waals surface area contributed by atoms with Gasteiger partial charge in [-0.25, -0.2) is 0 Å². The first-order chi connectivity index (χ1) is 9.13. The first-order valence-corrected chi connectivity index (χ1v) is 6.71. The second-order valence-electron chi connectivity index (χ2n) is 5.99. The van der Waals surface area contributed by atoms with Gasteiger partial charge >= 0.3 is 5.97 Å². The van der Waals surface area contributed by atoms with E-state index in [4.69, 9.17) is 9.52 Å². The van der Waals surface area contributed by atoms with Crippen molar-refractivity contribution in [3.63, 3.8) is 0 Å². The molecule has 1 rings (SSSR count). The normalized spacial score (nSPS) is 11.7. The van der Waals surface area contributed by atoms with Gasteiger partial charge in [0.1, 0.15) is 11.5 Å². The highest BCUT2D eigenvalue weighted by molar-refractivity contribution is 5.84. The summed E-state index contributed by atoms with van der Waals surface area (Å²) in [5, 5.41) is 9.11. The Morgan fingerprint density at radius 3 is 2.35 bits per heavy atom. The van der Waals surface area contributed by atoms with E-state index in [1.54, 1.807) is 18.7 Å². The molecule has 0 radical (unpaired) electrons. The van der Waals surface area contributed by atoms with Crippen molar-refractivity contribution in [3.8, 4) is 0 Å². The van der Waals surface area contributed by atoms with Gasteiger partial charge < -0.3 is 14.4 Å². The Bertz CT molecular complexity index is 488. The van der Waals surface area contributed by atoms with Crippen molar-refractivity contribution in [2.45, 2.75) is 53.6 Å². The number of aryl methyl sites for hydroxylation is 1. The minimum atomic E-state index is -1.07. The SMILES string of the molecule is Cc1ccc(CN(C(=O)CC(C)(C)C(=O)O)C(C)C)o1. The molecule has 1 aromatic rings. The fourth-order valence-corrected chi connectivity index (χ4v) is 1.85. The number of carboxylic acid groups (broad SMARTS) is 1. The molecule has 0 saturated heterocycles. The van der Waals surface area contributed by atoms with Crippen LogP contribution in [0.5, 0.6) is 0 Å². The molecule has 0 unspecified atom stereocenters. The van der Waals surface area contributed by atoms with Gasteiger partial charge in [-0.1, -0.05) is 0 Å². The van der Waals surface area contributed by atoms with Crippen LogP contribution in [-0.4, -0.2) is 27.9 Å². The molecule has 20 heavy (non-hydrogen) atoms. The van der Waals surface area contributed by atoms with Gasteiger partial charge in [-0.3, -0.25) is 9.59 Å². The van der Waals surface area contributed by atoms with Gasteiger partial charge in [0, 0.05) is 12.5 Å². The highest BCUT2D eigenvalue weighted by Crippen LogP contribution is 2.23. The lowest BCUT2D eigenvalue weighted by Gasteiger charge is -2.29. The van der Waals surface area contributed by atoms with Gasteiger partial charge in [0.25, 0.3) is 0 Å². The van der Waals surface area contributed by atoms with Crippen LogP contribution in [-0.2, 0) is 16.1 Å². The van der Waals surface area contributed by atoms with Gasteiger partial charge in [0.2, 0.25) is 5.91 Å². The number of carbonyl (C=O) groups is 2. The van der Waals surface area contributed by atoms with E-state index in [-0.39, 0.29) is 18.4 Å². The maximum absolute atomic E-state index is 12.3. The molecule has 5 heteroatoms. The van der Waals surface area contributed by atoms with E-state index in [0.717, 1.165) is 5.76 Å². The molecule has 0 aliphatic heterocycles. The lowest BCUT2D eigenvalue weighted by atomic mass is 9.89. The van der Waals surface area contributed by atoms with Gasteiger partial charge in [0.05, 0.1) is 12.0 Å². The first-order valence-electron chi connectivity index (χ1n) is 6.71. The molecule has 1 N–H and O–H groups in total. The summed E-state index contributed by atoms with van der Waals surface area (Å²) >= 11 is 0. The average Bonchev–Trinajstić information content (AvgIpc) is 2.70. The predicted octanol–water partition coefficient (Wildman–Crippen LogP) is 2.83. The van der Waals surface area contributed by atoms with E-state index < -0.39 is 11.4 Å². The van der Waals surface area contributed by atoms with Crippen molar-refractivity contribution in [1.82, 2.24) is 4.90 Å². The molecule has 0 atom stereocenters. The van der Waals surface area contributed by atoms with Gasteiger partial charge in [-0.2, -0.15) is 0 Å². The minimum Gasteiger partial charge on any atom is -0.481 e. The van der Waals surface area contributed by atoms with Gasteiger partial charge in [-0.15, -0.1) is 0 Å². The number of furan rings is 1. The third kappa shape index (κ3) is 4.11. The van der Waals surface area contributed by atoms with Crippen LogP contribution >= 0.6 is 0 Å². The molecule has 0 spiro atoms. The number of nitrogens with zero attached hydrogens (tertiary/aromatic N) is 1. The zero-order chi connectivity index (χ0) is 15.5. The summed E-state index contributed by atoms with van der Waals surface area (Å²) in [7, 11) is 0. The van der Waals surface area contributed by atoms with E-state index in [1.165, 1.54) is 0 Å². The summed E-state index contributed by atoms with van der Waals surface area (Å²) in [6, 6.07) is 3.66. The number of amides is 1. The van der Waals surface area contributed by atoms with E-state index in [9.17, 15) is 9.59 Å². The fraction of sp³-hybridized carbons (Fsp3) is 0.600. The molecule has 0 bridgehead atoms. The predicted molar refractivity (Wildman–Crippen MR) is 75.2 cm³/mol. The zero-order valence-electron chi connectivity index (χ0n) is 12.8. The number of hydrogen-bond acceptors (Lipinski definition) is 3. The van der Waals surface area contributed by atoms with Crippen molar-refractivity contribution in [2.75, 3.05) is 0 Å². The Labute approximate surface area is 119 Å². The van der Waals surface area contributed by atoms with Crippen molar-refractivity contribution in [2.24, 2.45) is 5.41 Å². The van der Waals surface area contributed by atoms with Gasteiger partial charge in [-0.05, 0) is 46.8 Å². The molecule has 1 amide bonds. The highest BCUT2D eigenvalue weighted by atomic mass is 16.4. The van der Waals surface area contributed by atoms with Crippen LogP contribution in [0.4, 0.5) is 0 Å². The summed E-state index contributed by atoms with van der Waals surface area (Å²) in [4.78, 5) is 25.1. The summed E-state index contributed by atoms with van der Waals surface area (Å²) < 4.78 is 5.48. The van der Waals surface area contributed by atoms with Crippen molar-refractivity contribution >= 4 is 11.9 Å². The maximum atomic E-state index is 12.3. The fourth-order valence-electron chi connectivity index (χ4n) is 1.85. The molecule has 0 aromatic carbocycles. The van der Waals surface area contributed by atoms with Crippen LogP contribution in [0.1, 0.15) is 45.6 Å². The Kier molecular flexibility index (Phi) is 4.98. The Balaban J connectivity index is 2.81. The summed E-state index contributed by atoms with van der Waals surface area (Å²) in [5.41, 5.74) is -1.07. The van der Waals surface area contributed by atoms with Crippen LogP contribution in [0, 0.1) is 12.3 Å². The Morgan fingerprint density at radius 2 is 1.95 bits per heavy atom. The van der Waals surface area contributed by atoms with E-state index >= 15 is 0 Å². The largest absolute Gasteiger partial charge is 0.481 e. The maximum Gasteiger partial charge on any atom is 0.309 e. The van der Waals surface area contributed by atoms with Crippen LogP contribution in [0.2, 0.25) is 0 Å². The third-order valence-corrected chi connectivity index (χ3v) is 3.24. The second-order valence-corrected chi connectivity index (χ2v) is 5.99. The quantitative estimate of drug-likeness (QED) is 0.870. The molecule has 1 aromatic heterocycles. The smallest absolute Gasteiger partial charge is 0.309 e. The van der Waals surface area contributed by atoms with Crippen LogP contribution in [0.25, 0.3) is 0 Å². The Hall–Kier alpha value is -1.78. The molecule has 5 nitrogen and oxygen atoms in total. The third-order valence-electron chi connectivity index (χ3n) is 3.24. The standard InChI is InChI=1S/C15H23NO4/c1-10(2)16(9-12-7-6-11(3)20-12)13(17)8-15(4,5)14(18)19/h6-7,10H,8-9H2,1-5H3,(H,18,19). The summed E-state index contributed by atoms with van der Waals surface area (Å²) in [5.74, 6) is 0.351. The minimum absolute atomic E-state index is 0.0162. The van der Waals surface area contributed by atoms with E-state index in [0.29, 0.717) is 12.3 Å². The zero-order valence-corrected chi connectivity index (χ0v) is 12.8. The van der Waals surface area contributed by atoms with Crippen molar-refractivity contribution < 1.29 is 19.1 Å². The topological polar surface area (TPSA) is 70.8 Å². The second kappa shape index (κ2) is 6.11. The van der Waals surface area contributed by atoms with Crippen LogP contribution in [0.15, 0.2) is 16.5 Å². The van der Waals surface area contributed by atoms with Gasteiger partial charge in [0.15, 0.2) is 0 Å². The molecular formula is C15H23NO4. The number of rotatable bonds is 6. The molecule has 0 saturated carbocycles. The van der Waals surface area contributed by atoms with Crippen LogP contribution in [0.3, 0.4) is 0 Å². The lowest BCUT2D eigenvalue weighted by Crippen LogP contribution is -2.40. The molecule has 112 valence electrons. The van der Waals surface area contributed by atoms with Crippen LogP contribution < -0.4 is 0 Å². The highest BCUT2D eigenvalue weighted by Gasteiger charge is 2.33. The van der Waals surface area contributed by atoms with Crippen molar-refractivity contribution in [1.29, 1.82) is 0 Å². The number of carbonyl (C=O) groups excluding carboxylic acids is 1. The molecule has 0 aliphatic carbocycles. The number of hydrogen-bond donors (Lipinski definition) is 1.